The van der Waals surface area contributed by atoms with Crippen LogP contribution in [0, 0.1) is 0 Å². The summed E-state index contributed by atoms with van der Waals surface area (Å²) >= 11 is 0. The molecular formula is C10H20N2O2. The lowest BCUT2D eigenvalue weighted by Crippen LogP contribution is -2.46. The summed E-state index contributed by atoms with van der Waals surface area (Å²) in [5.74, 6) is 0.00662. The Morgan fingerprint density at radius 3 is 3.14 bits per heavy atom. The summed E-state index contributed by atoms with van der Waals surface area (Å²) in [5, 5.41) is 6.20. The van der Waals surface area contributed by atoms with Gasteiger partial charge in [0.1, 0.15) is 6.61 Å². The van der Waals surface area contributed by atoms with Gasteiger partial charge >= 0.3 is 0 Å². The minimum absolute atomic E-state index is 0.00662. The van der Waals surface area contributed by atoms with Crippen molar-refractivity contribution in [3.8, 4) is 0 Å². The van der Waals surface area contributed by atoms with Crippen molar-refractivity contribution < 1.29 is 9.53 Å². The molecule has 0 radical (unpaired) electrons. The molecule has 2 N–H and O–H groups in total. The first kappa shape index (κ1) is 11.5. The predicted octanol–water partition coefficient (Wildman–Crippen LogP) is 0.281. The number of carbonyl (C=O) groups excluding carboxylic acids is 1. The Morgan fingerprint density at radius 2 is 2.50 bits per heavy atom. The highest BCUT2D eigenvalue weighted by molar-refractivity contribution is 5.77. The van der Waals surface area contributed by atoms with Crippen LogP contribution in [-0.4, -0.2) is 38.3 Å². The molecule has 0 aromatic heterocycles. The van der Waals surface area contributed by atoms with Crippen LogP contribution in [0.1, 0.15) is 26.2 Å². The second-order valence-corrected chi connectivity index (χ2v) is 3.66. The van der Waals surface area contributed by atoms with Crippen molar-refractivity contribution in [1.82, 2.24) is 10.6 Å². The van der Waals surface area contributed by atoms with Crippen LogP contribution < -0.4 is 10.6 Å². The van der Waals surface area contributed by atoms with Crippen LogP contribution in [0.3, 0.4) is 0 Å². The summed E-state index contributed by atoms with van der Waals surface area (Å²) in [4.78, 5) is 11.3. The molecule has 1 rings (SSSR count). The van der Waals surface area contributed by atoms with E-state index in [-0.39, 0.29) is 12.5 Å². The molecule has 0 spiro atoms. The van der Waals surface area contributed by atoms with Gasteiger partial charge in [-0.2, -0.15) is 0 Å². The Kier molecular flexibility index (Phi) is 5.56. The molecule has 0 saturated carbocycles. The number of nitrogens with one attached hydrogen (secondary N) is 2. The molecule has 1 amide bonds. The average molecular weight is 200 g/mol. The number of rotatable bonds is 5. The van der Waals surface area contributed by atoms with Crippen LogP contribution >= 0.6 is 0 Å². The van der Waals surface area contributed by atoms with Gasteiger partial charge in [-0.3, -0.25) is 4.79 Å². The second-order valence-electron chi connectivity index (χ2n) is 3.66. The molecule has 1 atom stereocenters. The van der Waals surface area contributed by atoms with Crippen LogP contribution in [0.15, 0.2) is 0 Å². The molecule has 0 unspecified atom stereocenters. The maximum absolute atomic E-state index is 11.3. The number of carbonyl (C=O) groups is 1. The summed E-state index contributed by atoms with van der Waals surface area (Å²) in [7, 11) is 0. The van der Waals surface area contributed by atoms with E-state index in [0.29, 0.717) is 12.6 Å². The average Bonchev–Trinajstić information content (AvgIpc) is 2.20. The lowest BCUT2D eigenvalue weighted by Gasteiger charge is -2.23. The number of hydrogen-bond donors (Lipinski definition) is 2. The number of piperidine rings is 1. The molecule has 0 bridgehead atoms. The fourth-order valence-corrected chi connectivity index (χ4v) is 1.55. The van der Waals surface area contributed by atoms with Crippen LogP contribution in [0.4, 0.5) is 0 Å². The molecule has 14 heavy (non-hydrogen) atoms. The first-order valence-electron chi connectivity index (χ1n) is 5.40. The summed E-state index contributed by atoms with van der Waals surface area (Å²) in [6.07, 6.45) is 3.17. The Morgan fingerprint density at radius 1 is 1.64 bits per heavy atom. The zero-order valence-corrected chi connectivity index (χ0v) is 8.84. The van der Waals surface area contributed by atoms with Crippen molar-refractivity contribution in [2.24, 2.45) is 0 Å². The van der Waals surface area contributed by atoms with Gasteiger partial charge in [-0.1, -0.05) is 6.92 Å². The SMILES string of the molecule is CCCOCC(=O)N[C@H]1CCCNC1. The van der Waals surface area contributed by atoms with E-state index in [9.17, 15) is 4.79 Å². The third-order valence-corrected chi connectivity index (χ3v) is 2.24. The number of amides is 1. The Bertz CT molecular complexity index is 168. The third kappa shape index (κ3) is 4.58. The van der Waals surface area contributed by atoms with Gasteiger partial charge in [-0.15, -0.1) is 0 Å². The van der Waals surface area contributed by atoms with E-state index in [0.717, 1.165) is 32.4 Å². The molecule has 1 fully saturated rings. The minimum Gasteiger partial charge on any atom is -0.372 e. The van der Waals surface area contributed by atoms with Crippen molar-refractivity contribution in [3.05, 3.63) is 0 Å². The molecule has 4 heteroatoms. The highest BCUT2D eigenvalue weighted by Crippen LogP contribution is 2.00. The van der Waals surface area contributed by atoms with E-state index in [2.05, 4.69) is 10.6 Å². The van der Waals surface area contributed by atoms with E-state index in [4.69, 9.17) is 4.74 Å². The maximum atomic E-state index is 11.3. The molecule has 4 nitrogen and oxygen atoms in total. The van der Waals surface area contributed by atoms with E-state index in [1.807, 2.05) is 6.92 Å². The third-order valence-electron chi connectivity index (χ3n) is 2.24. The standard InChI is InChI=1S/C10H20N2O2/c1-2-6-14-8-10(13)12-9-4-3-5-11-7-9/h9,11H,2-8H2,1H3,(H,12,13)/t9-/m0/s1. The van der Waals surface area contributed by atoms with Crippen LogP contribution in [0.25, 0.3) is 0 Å². The first-order chi connectivity index (χ1) is 6.83. The monoisotopic (exact) mass is 200 g/mol. The highest BCUT2D eigenvalue weighted by atomic mass is 16.5. The molecule has 0 aromatic rings. The Labute approximate surface area is 85.4 Å². The van der Waals surface area contributed by atoms with Crippen molar-refractivity contribution in [2.75, 3.05) is 26.3 Å². The van der Waals surface area contributed by atoms with Crippen molar-refractivity contribution in [2.45, 2.75) is 32.2 Å². The lowest BCUT2D eigenvalue weighted by molar-refractivity contribution is -0.126. The Balaban J connectivity index is 2.06. The van der Waals surface area contributed by atoms with Gasteiger partial charge in [-0.05, 0) is 25.8 Å². The maximum Gasteiger partial charge on any atom is 0.246 e. The summed E-state index contributed by atoms with van der Waals surface area (Å²) in [5.41, 5.74) is 0. The zero-order valence-electron chi connectivity index (χ0n) is 8.84. The summed E-state index contributed by atoms with van der Waals surface area (Å²) < 4.78 is 5.15. The smallest absolute Gasteiger partial charge is 0.246 e. The van der Waals surface area contributed by atoms with E-state index >= 15 is 0 Å². The van der Waals surface area contributed by atoms with E-state index in [1.165, 1.54) is 0 Å². The van der Waals surface area contributed by atoms with Gasteiger partial charge in [0, 0.05) is 19.2 Å². The molecule has 1 aliphatic heterocycles. The number of ether oxygens (including phenoxy) is 1. The van der Waals surface area contributed by atoms with Gasteiger partial charge in [0.05, 0.1) is 0 Å². The van der Waals surface area contributed by atoms with Gasteiger partial charge < -0.3 is 15.4 Å². The lowest BCUT2D eigenvalue weighted by atomic mass is 10.1. The van der Waals surface area contributed by atoms with Crippen molar-refractivity contribution in [1.29, 1.82) is 0 Å². The highest BCUT2D eigenvalue weighted by Gasteiger charge is 2.14. The summed E-state index contributed by atoms with van der Waals surface area (Å²) in [6, 6.07) is 0.293. The molecule has 1 aliphatic rings. The van der Waals surface area contributed by atoms with E-state index < -0.39 is 0 Å². The minimum atomic E-state index is 0.00662. The van der Waals surface area contributed by atoms with Crippen molar-refractivity contribution in [3.63, 3.8) is 0 Å². The quantitative estimate of drug-likeness (QED) is 0.627. The normalized spacial score (nSPS) is 21.9. The fourth-order valence-electron chi connectivity index (χ4n) is 1.55. The zero-order chi connectivity index (χ0) is 10.2. The molecule has 0 aliphatic carbocycles. The fraction of sp³-hybridized carbons (Fsp3) is 0.900. The van der Waals surface area contributed by atoms with Gasteiger partial charge in [0.2, 0.25) is 5.91 Å². The topological polar surface area (TPSA) is 50.4 Å². The number of hydrogen-bond acceptors (Lipinski definition) is 3. The first-order valence-corrected chi connectivity index (χ1v) is 5.40. The second kappa shape index (κ2) is 6.79. The predicted molar refractivity (Wildman–Crippen MR) is 55.1 cm³/mol. The largest absolute Gasteiger partial charge is 0.372 e. The summed E-state index contributed by atoms with van der Waals surface area (Å²) in [6.45, 7) is 4.85. The molecule has 1 saturated heterocycles. The molecule has 0 aromatic carbocycles. The molecule has 82 valence electrons. The van der Waals surface area contributed by atoms with Gasteiger partial charge in [0.15, 0.2) is 0 Å². The van der Waals surface area contributed by atoms with Crippen LogP contribution in [-0.2, 0) is 9.53 Å². The Hall–Kier alpha value is -0.610. The van der Waals surface area contributed by atoms with Crippen molar-refractivity contribution >= 4 is 5.91 Å². The van der Waals surface area contributed by atoms with E-state index in [1.54, 1.807) is 0 Å². The van der Waals surface area contributed by atoms with Crippen LogP contribution in [0.2, 0.25) is 0 Å². The molecule has 1 heterocycles. The van der Waals surface area contributed by atoms with Gasteiger partial charge in [-0.25, -0.2) is 0 Å². The van der Waals surface area contributed by atoms with Gasteiger partial charge in [0.25, 0.3) is 0 Å². The molecular weight excluding hydrogens is 180 g/mol. The van der Waals surface area contributed by atoms with Crippen LogP contribution in [0.5, 0.6) is 0 Å².